The zero-order valence-corrected chi connectivity index (χ0v) is 14.5. The maximum Gasteiger partial charge on any atom is 0.137 e. The summed E-state index contributed by atoms with van der Waals surface area (Å²) in [5, 5.41) is 20.3. The lowest BCUT2D eigenvalue weighted by Gasteiger charge is -2.42. The van der Waals surface area contributed by atoms with Gasteiger partial charge in [-0.1, -0.05) is 13.0 Å². The number of aliphatic hydroxyl groups is 2. The van der Waals surface area contributed by atoms with Crippen molar-refractivity contribution < 1.29 is 10.2 Å². The number of hydrogen-bond donors (Lipinski definition) is 2. The van der Waals surface area contributed by atoms with Crippen LogP contribution in [0.3, 0.4) is 0 Å². The van der Waals surface area contributed by atoms with Gasteiger partial charge in [-0.2, -0.15) is 0 Å². The molecule has 3 aromatic rings. The van der Waals surface area contributed by atoms with Gasteiger partial charge in [0.1, 0.15) is 17.8 Å². The Kier molecular flexibility index (Phi) is 5.50. The molecule has 0 unspecified atom stereocenters. The summed E-state index contributed by atoms with van der Waals surface area (Å²) in [6.07, 6.45) is 6.96. The molecule has 134 valence electrons. The third-order valence-electron chi connectivity index (χ3n) is 4.45. The van der Waals surface area contributed by atoms with Crippen LogP contribution in [0.2, 0.25) is 0 Å². The lowest BCUT2D eigenvalue weighted by Crippen LogP contribution is -2.52. The van der Waals surface area contributed by atoms with Gasteiger partial charge in [0.25, 0.3) is 0 Å². The van der Waals surface area contributed by atoms with Gasteiger partial charge < -0.3 is 15.1 Å². The van der Waals surface area contributed by atoms with E-state index in [1.54, 1.807) is 24.7 Å². The van der Waals surface area contributed by atoms with E-state index in [2.05, 4.69) is 19.9 Å². The van der Waals surface area contributed by atoms with E-state index in [1.807, 2.05) is 42.2 Å². The molecule has 0 saturated heterocycles. The summed E-state index contributed by atoms with van der Waals surface area (Å²) in [7, 11) is 0. The second-order valence-electron chi connectivity index (χ2n) is 5.88. The first-order valence-corrected chi connectivity index (χ1v) is 8.40. The molecule has 0 saturated carbocycles. The molecule has 2 N–H and O–H groups in total. The summed E-state index contributed by atoms with van der Waals surface area (Å²) in [5.41, 5.74) is 1.10. The Morgan fingerprint density at radius 2 is 1.73 bits per heavy atom. The molecule has 7 nitrogen and oxygen atoms in total. The van der Waals surface area contributed by atoms with Crippen molar-refractivity contribution in [3.8, 4) is 11.4 Å². The Labute approximate surface area is 152 Å². The molecule has 0 atom stereocenters. The number of hydrogen-bond acceptors (Lipinski definition) is 7. The van der Waals surface area contributed by atoms with Crippen LogP contribution in [-0.2, 0) is 0 Å². The average Bonchev–Trinajstić information content (AvgIpc) is 2.73. The molecule has 26 heavy (non-hydrogen) atoms. The van der Waals surface area contributed by atoms with Crippen LogP contribution in [0.4, 0.5) is 11.5 Å². The molecule has 0 bridgehead atoms. The van der Waals surface area contributed by atoms with Gasteiger partial charge in [-0.3, -0.25) is 9.97 Å². The standard InChI is InChI=1S/C19H21N5O2/c1-2-19(12-25,13-26)24(17-8-11-20-14-23-17)16-7-5-10-22-18(16)15-6-3-4-9-21-15/h3-11,14,25-26H,2,12-13H2,1H3. The Balaban J connectivity index is 2.24. The van der Waals surface area contributed by atoms with Crippen molar-refractivity contribution in [2.45, 2.75) is 18.9 Å². The number of aliphatic hydroxyl groups excluding tert-OH is 2. The smallest absolute Gasteiger partial charge is 0.137 e. The summed E-state index contributed by atoms with van der Waals surface area (Å²) >= 11 is 0. The predicted molar refractivity (Wildman–Crippen MR) is 98.8 cm³/mol. The minimum Gasteiger partial charge on any atom is -0.394 e. The second kappa shape index (κ2) is 7.99. The normalized spacial score (nSPS) is 11.3. The van der Waals surface area contributed by atoms with Crippen molar-refractivity contribution in [3.05, 3.63) is 61.3 Å². The van der Waals surface area contributed by atoms with Crippen LogP contribution < -0.4 is 4.90 Å². The number of anilines is 2. The Morgan fingerprint density at radius 1 is 0.923 bits per heavy atom. The molecular weight excluding hydrogens is 330 g/mol. The van der Waals surface area contributed by atoms with Crippen LogP contribution in [0, 0.1) is 0 Å². The van der Waals surface area contributed by atoms with Crippen molar-refractivity contribution in [2.24, 2.45) is 0 Å². The van der Waals surface area contributed by atoms with Gasteiger partial charge in [-0.25, -0.2) is 9.97 Å². The van der Waals surface area contributed by atoms with Crippen molar-refractivity contribution in [3.63, 3.8) is 0 Å². The van der Waals surface area contributed by atoms with E-state index in [0.717, 1.165) is 0 Å². The summed E-state index contributed by atoms with van der Waals surface area (Å²) in [4.78, 5) is 19.0. The van der Waals surface area contributed by atoms with Crippen molar-refractivity contribution >= 4 is 11.5 Å². The van der Waals surface area contributed by atoms with E-state index < -0.39 is 5.54 Å². The average molecular weight is 351 g/mol. The first kappa shape index (κ1) is 17.9. The molecule has 0 spiro atoms. The topological polar surface area (TPSA) is 95.3 Å². The molecule has 0 amide bonds. The SMILES string of the molecule is CCC(CO)(CO)N(c1ccncn1)c1cccnc1-c1ccccn1. The first-order chi connectivity index (χ1) is 12.8. The van der Waals surface area contributed by atoms with Crippen LogP contribution in [0.25, 0.3) is 11.4 Å². The molecule has 0 radical (unpaired) electrons. The number of rotatable bonds is 7. The van der Waals surface area contributed by atoms with Gasteiger partial charge in [-0.05, 0) is 36.8 Å². The third kappa shape index (κ3) is 3.26. The van der Waals surface area contributed by atoms with Gasteiger partial charge in [0.05, 0.1) is 30.1 Å². The fourth-order valence-electron chi connectivity index (χ4n) is 2.89. The van der Waals surface area contributed by atoms with Gasteiger partial charge in [0, 0.05) is 18.6 Å². The van der Waals surface area contributed by atoms with Crippen LogP contribution in [0.1, 0.15) is 13.3 Å². The van der Waals surface area contributed by atoms with Crippen LogP contribution in [0.15, 0.2) is 61.3 Å². The van der Waals surface area contributed by atoms with E-state index in [4.69, 9.17) is 0 Å². The maximum atomic E-state index is 10.1. The number of nitrogens with zero attached hydrogens (tertiary/aromatic N) is 5. The van der Waals surface area contributed by atoms with Crippen LogP contribution in [-0.4, -0.2) is 48.9 Å². The van der Waals surface area contributed by atoms with E-state index in [-0.39, 0.29) is 13.2 Å². The molecule has 3 heterocycles. The molecular formula is C19H21N5O2. The molecule has 3 aromatic heterocycles. The van der Waals surface area contributed by atoms with Crippen molar-refractivity contribution in [2.75, 3.05) is 18.1 Å². The Bertz CT molecular complexity index is 817. The molecule has 7 heteroatoms. The van der Waals surface area contributed by atoms with E-state index >= 15 is 0 Å². The first-order valence-electron chi connectivity index (χ1n) is 8.40. The van der Waals surface area contributed by atoms with E-state index in [0.29, 0.717) is 29.3 Å². The molecule has 0 aliphatic carbocycles. The van der Waals surface area contributed by atoms with Gasteiger partial charge >= 0.3 is 0 Å². The van der Waals surface area contributed by atoms with E-state index in [9.17, 15) is 10.2 Å². The van der Waals surface area contributed by atoms with E-state index in [1.165, 1.54) is 6.33 Å². The summed E-state index contributed by atoms with van der Waals surface area (Å²) in [5.74, 6) is 0.565. The van der Waals surface area contributed by atoms with Crippen molar-refractivity contribution in [1.82, 2.24) is 19.9 Å². The van der Waals surface area contributed by atoms with Crippen LogP contribution in [0.5, 0.6) is 0 Å². The highest BCUT2D eigenvalue weighted by Gasteiger charge is 2.37. The monoisotopic (exact) mass is 351 g/mol. The molecule has 0 aliphatic rings. The minimum absolute atomic E-state index is 0.249. The summed E-state index contributed by atoms with van der Waals surface area (Å²) in [6, 6.07) is 11.0. The highest BCUT2D eigenvalue weighted by atomic mass is 16.3. The Hall–Kier alpha value is -2.90. The zero-order valence-electron chi connectivity index (χ0n) is 14.5. The number of pyridine rings is 2. The highest BCUT2D eigenvalue weighted by Crippen LogP contribution is 2.38. The molecule has 0 fully saturated rings. The summed E-state index contributed by atoms with van der Waals surface area (Å²) < 4.78 is 0. The summed E-state index contributed by atoms with van der Waals surface area (Å²) in [6.45, 7) is 1.42. The fraction of sp³-hybridized carbons (Fsp3) is 0.263. The maximum absolute atomic E-state index is 10.1. The molecule has 3 rings (SSSR count). The number of aromatic nitrogens is 4. The fourth-order valence-corrected chi connectivity index (χ4v) is 2.89. The van der Waals surface area contributed by atoms with Crippen LogP contribution >= 0.6 is 0 Å². The second-order valence-corrected chi connectivity index (χ2v) is 5.88. The van der Waals surface area contributed by atoms with Crippen molar-refractivity contribution in [1.29, 1.82) is 0 Å². The lowest BCUT2D eigenvalue weighted by atomic mass is 9.94. The third-order valence-corrected chi connectivity index (χ3v) is 4.45. The van der Waals surface area contributed by atoms with Gasteiger partial charge in [0.2, 0.25) is 0 Å². The lowest BCUT2D eigenvalue weighted by molar-refractivity contribution is 0.117. The molecule has 0 aliphatic heterocycles. The molecule has 0 aromatic carbocycles. The minimum atomic E-state index is -0.944. The van der Waals surface area contributed by atoms with Gasteiger partial charge in [-0.15, -0.1) is 0 Å². The predicted octanol–water partition coefficient (Wildman–Crippen LogP) is 2.21. The quantitative estimate of drug-likeness (QED) is 0.674. The largest absolute Gasteiger partial charge is 0.394 e. The highest BCUT2D eigenvalue weighted by molar-refractivity contribution is 5.78. The Morgan fingerprint density at radius 3 is 2.35 bits per heavy atom. The van der Waals surface area contributed by atoms with Gasteiger partial charge in [0.15, 0.2) is 0 Å². The zero-order chi connectivity index (χ0) is 18.4.